The van der Waals surface area contributed by atoms with Crippen molar-refractivity contribution < 1.29 is 108 Å². The third-order valence-corrected chi connectivity index (χ3v) is 9.56. The number of anilines is 2. The molecule has 0 bridgehead atoms. The van der Waals surface area contributed by atoms with Crippen LogP contribution in [0.25, 0.3) is 22.1 Å². The molecule has 0 unspecified atom stereocenters. The largest absolute Gasteiger partial charge is 1.00 e. The van der Waals surface area contributed by atoms with Crippen LogP contribution in [0.3, 0.4) is 0 Å². The van der Waals surface area contributed by atoms with Gasteiger partial charge in [0.05, 0.1) is 22.8 Å². The quantitative estimate of drug-likeness (QED) is 0.0358. The molecule has 0 spiro atoms. The molecule has 64 heavy (non-hydrogen) atoms. The van der Waals surface area contributed by atoms with Gasteiger partial charge in [-0.15, -0.1) is 0 Å². The van der Waals surface area contributed by atoms with Gasteiger partial charge in [0, 0.05) is 35.9 Å². The minimum absolute atomic E-state index is 0. The average Bonchev–Trinajstić information content (AvgIpc) is 3.83. The van der Waals surface area contributed by atoms with Crippen molar-refractivity contribution in [2.45, 2.75) is 63.5 Å². The zero-order chi connectivity index (χ0) is 45.1. The van der Waals surface area contributed by atoms with E-state index in [2.05, 4.69) is 40.5 Å². The molecule has 22 nitrogen and oxygen atoms in total. The number of aryl methyl sites for hydroxylation is 4. The maximum atomic E-state index is 12.3. The zero-order valence-corrected chi connectivity index (χ0v) is 38.6. The van der Waals surface area contributed by atoms with Crippen molar-refractivity contribution in [1.82, 2.24) is 40.5 Å². The minimum atomic E-state index is -1.57. The molecule has 12 N–H and O–H groups in total. The first kappa shape index (κ1) is 52.0. The van der Waals surface area contributed by atoms with Crippen LogP contribution in [0.2, 0.25) is 0 Å². The Morgan fingerprint density at radius 1 is 0.625 bits per heavy atom. The summed E-state index contributed by atoms with van der Waals surface area (Å²) < 4.78 is 0. The van der Waals surface area contributed by atoms with E-state index in [0.29, 0.717) is 47.8 Å². The maximum Gasteiger partial charge on any atom is 1.00 e. The van der Waals surface area contributed by atoms with Crippen LogP contribution in [-0.4, -0.2) is 87.9 Å². The van der Waals surface area contributed by atoms with E-state index in [4.69, 9.17) is 21.7 Å². The minimum Gasteiger partial charge on any atom is -0.550 e. The number of nitrogens with one attached hydrogen (secondary N) is 6. The van der Waals surface area contributed by atoms with Crippen molar-refractivity contribution in [2.24, 2.45) is 0 Å². The number of aromatic nitrogens is 6. The summed E-state index contributed by atoms with van der Waals surface area (Å²) in [5, 5.41) is 44.9. The number of hydrogen-bond acceptors (Lipinski definition) is 14. The Hall–Kier alpha value is -6.30. The van der Waals surface area contributed by atoms with Crippen molar-refractivity contribution in [2.75, 3.05) is 11.5 Å². The Labute approximate surface area is 405 Å². The first-order valence-corrected chi connectivity index (χ1v) is 18.9. The standard InChI is InChI=1S/2C20H21N5O6.2Na/c2*21-20-24-16-15(18(29)25-20)12(9-22-16)6-3-10-1-4-11(5-2-10)17(28)23-13(19(30)31)7-8-14(26)27;;/h2*1-2,4-5,9,13H,3,6-8H2,(H,23,28)(H,26,27)(H,30,31)(H4,21,22,24,25,29);;/q;;2*+1/p-2/t2*13-;;/m00../s1. The van der Waals surface area contributed by atoms with Crippen LogP contribution < -0.4 is 103 Å². The Balaban J connectivity index is 0.000000330. The summed E-state index contributed by atoms with van der Waals surface area (Å²) >= 11 is 0. The smallest absolute Gasteiger partial charge is 0.550 e. The number of aromatic amines is 4. The van der Waals surface area contributed by atoms with Gasteiger partial charge in [0.1, 0.15) is 17.3 Å². The monoisotopic (exact) mass is 898 g/mol. The van der Waals surface area contributed by atoms with Gasteiger partial charge >= 0.3 is 71.1 Å². The molecule has 0 radical (unpaired) electrons. The van der Waals surface area contributed by atoms with E-state index < -0.39 is 54.2 Å². The molecule has 324 valence electrons. The number of fused-ring (bicyclic) bond motifs is 2. The van der Waals surface area contributed by atoms with Crippen molar-refractivity contribution >= 4 is 69.7 Å². The van der Waals surface area contributed by atoms with E-state index in [9.17, 15) is 48.6 Å². The van der Waals surface area contributed by atoms with E-state index in [1.807, 2.05) is 0 Å². The number of aliphatic carboxylic acids is 4. The zero-order valence-electron chi connectivity index (χ0n) is 34.6. The van der Waals surface area contributed by atoms with E-state index in [1.54, 1.807) is 48.8 Å². The molecule has 2 aromatic carbocycles. The van der Waals surface area contributed by atoms with Gasteiger partial charge in [-0.1, -0.05) is 24.3 Å². The summed E-state index contributed by atoms with van der Waals surface area (Å²) in [6.45, 7) is 0. The number of benzene rings is 2. The Bertz CT molecular complexity index is 2560. The van der Waals surface area contributed by atoms with Crippen LogP contribution in [0.15, 0.2) is 70.5 Å². The van der Waals surface area contributed by atoms with Gasteiger partial charge in [-0.2, -0.15) is 9.97 Å². The fourth-order valence-electron chi connectivity index (χ4n) is 6.36. The van der Waals surface area contributed by atoms with Gasteiger partial charge in [-0.05, 0) is 91.5 Å². The molecule has 2 atom stereocenters. The van der Waals surface area contributed by atoms with Crippen LogP contribution in [-0.2, 0) is 44.9 Å². The van der Waals surface area contributed by atoms with Crippen molar-refractivity contribution in [1.29, 1.82) is 0 Å². The predicted octanol–water partition coefficient (Wildman–Crippen LogP) is -7.33. The van der Waals surface area contributed by atoms with Gasteiger partial charge in [-0.3, -0.25) is 33.9 Å². The summed E-state index contributed by atoms with van der Waals surface area (Å²) in [5.74, 6) is -6.62. The van der Waals surface area contributed by atoms with Crippen LogP contribution in [0.5, 0.6) is 0 Å². The number of rotatable bonds is 18. The fraction of sp³-hybridized carbons (Fsp3) is 0.250. The molecule has 0 fully saturated rings. The van der Waals surface area contributed by atoms with Gasteiger partial charge < -0.3 is 62.1 Å². The Morgan fingerprint density at radius 2 is 1.03 bits per heavy atom. The van der Waals surface area contributed by atoms with E-state index >= 15 is 0 Å². The van der Waals surface area contributed by atoms with Gasteiger partial charge in [-0.25, -0.2) is 4.79 Å². The summed E-state index contributed by atoms with van der Waals surface area (Å²) in [7, 11) is 0. The second-order valence-electron chi connectivity index (χ2n) is 13.9. The van der Waals surface area contributed by atoms with Gasteiger partial charge in [0.2, 0.25) is 11.9 Å². The molecule has 2 amide bonds. The topological polar surface area (TPSA) is 388 Å². The fourth-order valence-corrected chi connectivity index (χ4v) is 6.36. The molecule has 6 aromatic rings. The van der Waals surface area contributed by atoms with Crippen molar-refractivity contribution in [3.8, 4) is 0 Å². The van der Waals surface area contributed by atoms with Gasteiger partial charge in [0.15, 0.2) is 0 Å². The molecule has 0 aliphatic rings. The summed E-state index contributed by atoms with van der Waals surface area (Å²) in [6, 6.07) is 10.3. The number of nitrogens with two attached hydrogens (primary N) is 2. The summed E-state index contributed by atoms with van der Waals surface area (Å²) in [5.41, 5.74) is 15.1. The predicted molar refractivity (Wildman–Crippen MR) is 216 cm³/mol. The van der Waals surface area contributed by atoms with Crippen LogP contribution in [0, 0.1) is 0 Å². The normalized spacial score (nSPS) is 11.5. The molecule has 0 aliphatic heterocycles. The molecule has 4 aromatic heterocycles. The molecule has 0 aliphatic carbocycles. The number of H-pyrrole nitrogens is 4. The first-order valence-electron chi connectivity index (χ1n) is 18.9. The first-order chi connectivity index (χ1) is 29.5. The number of carbonyl (C=O) groups is 6. The molecular weight excluding hydrogens is 858 g/mol. The number of carboxylic acids is 4. The maximum absolute atomic E-state index is 12.3. The van der Waals surface area contributed by atoms with Gasteiger partial charge in [0.25, 0.3) is 22.9 Å². The number of nitrogen functional groups attached to an aromatic ring is 2. The molecule has 0 saturated heterocycles. The summed E-state index contributed by atoms with van der Waals surface area (Å²) in [4.78, 5) is 111. The molecule has 24 heteroatoms. The SMILES string of the molecule is Nc1nc2[nH]cc(CCc3ccc(C(=O)N[C@@H](CCC(=O)O)C(=O)O)cc3)c2c(=O)[nH]1.Nc1nc2[nH]cc(CCc3ccc(C(=O)N[C@@H](CCC(=O)[O-])C(=O)[O-])cc3)c2c(=O)[nH]1.[Na+].[Na+]. The Kier molecular flexibility index (Phi) is 19.5. The second kappa shape index (κ2) is 24.0. The third-order valence-electron chi connectivity index (χ3n) is 9.56. The molecule has 6 rings (SSSR count). The van der Waals surface area contributed by atoms with Crippen LogP contribution in [0.1, 0.15) is 68.7 Å². The number of carboxylic acid groups (broad SMARTS) is 4. The number of nitrogens with zero attached hydrogens (tertiary/aromatic N) is 2. The molecule has 4 heterocycles. The Morgan fingerprint density at radius 3 is 1.41 bits per heavy atom. The number of carbonyl (C=O) groups excluding carboxylic acids is 4. The summed E-state index contributed by atoms with van der Waals surface area (Å²) in [6.07, 6.45) is 4.23. The van der Waals surface area contributed by atoms with E-state index in [0.717, 1.165) is 22.3 Å². The van der Waals surface area contributed by atoms with Crippen LogP contribution >= 0.6 is 0 Å². The molecule has 0 saturated carbocycles. The van der Waals surface area contributed by atoms with Crippen LogP contribution in [0.4, 0.5) is 11.9 Å². The average molecular weight is 899 g/mol. The number of amides is 2. The number of hydrogen-bond donors (Lipinski definition) is 10. The van der Waals surface area contributed by atoms with E-state index in [1.165, 1.54) is 12.1 Å². The van der Waals surface area contributed by atoms with Crippen molar-refractivity contribution in [3.63, 3.8) is 0 Å². The van der Waals surface area contributed by atoms with E-state index in [-0.39, 0.29) is 113 Å². The second-order valence-corrected chi connectivity index (χ2v) is 13.9. The molecular formula is C40H40N10Na2O12. The third kappa shape index (κ3) is 14.4. The van der Waals surface area contributed by atoms with Crippen molar-refractivity contribution in [3.05, 3.63) is 115 Å².